The molecule has 1 aromatic carbocycles. The molecule has 8 nitrogen and oxygen atoms in total. The molecule has 0 radical (unpaired) electrons. The summed E-state index contributed by atoms with van der Waals surface area (Å²) in [4.78, 5) is 46.7. The van der Waals surface area contributed by atoms with Gasteiger partial charge >= 0.3 is 5.97 Å². The summed E-state index contributed by atoms with van der Waals surface area (Å²) in [6.45, 7) is 9.02. The van der Waals surface area contributed by atoms with Crippen molar-refractivity contribution in [1.82, 2.24) is 9.88 Å². The molecule has 2 saturated heterocycles. The lowest BCUT2D eigenvalue weighted by molar-refractivity contribution is -0.150. The van der Waals surface area contributed by atoms with Crippen molar-refractivity contribution >= 4 is 23.5 Å². The highest BCUT2D eigenvalue weighted by molar-refractivity contribution is 5.96. The first kappa shape index (κ1) is 26.2. The topological polar surface area (TPSA) is 117 Å². The number of pyridine rings is 1. The molecule has 3 unspecified atom stereocenters. The third-order valence-corrected chi connectivity index (χ3v) is 9.39. The minimum Gasteiger partial charge on any atom is -0.481 e. The highest BCUT2D eigenvalue weighted by Gasteiger charge is 2.49. The molecule has 3 atom stereocenters. The van der Waals surface area contributed by atoms with E-state index in [1.165, 1.54) is 0 Å². The Balaban J connectivity index is 1.37. The lowest BCUT2D eigenvalue weighted by Gasteiger charge is -2.35. The van der Waals surface area contributed by atoms with E-state index in [4.69, 9.17) is 5.73 Å². The number of aliphatic carboxylic acids is 1. The number of likely N-dealkylation sites (tertiary alicyclic amines) is 1. The number of nitrogens with two attached hydrogens (primary N) is 1. The second kappa shape index (κ2) is 10.0. The van der Waals surface area contributed by atoms with Crippen LogP contribution in [0.3, 0.4) is 0 Å². The van der Waals surface area contributed by atoms with Gasteiger partial charge in [-0.1, -0.05) is 25.0 Å². The number of aryl methyl sites for hydroxylation is 2. The van der Waals surface area contributed by atoms with Crippen LogP contribution in [0.2, 0.25) is 0 Å². The molecule has 2 amide bonds. The van der Waals surface area contributed by atoms with Crippen LogP contribution in [0.5, 0.6) is 0 Å². The summed E-state index contributed by atoms with van der Waals surface area (Å²) in [6.07, 6.45) is 4.61. The lowest BCUT2D eigenvalue weighted by atomic mass is 9.68. The van der Waals surface area contributed by atoms with Crippen molar-refractivity contribution in [3.63, 3.8) is 0 Å². The van der Waals surface area contributed by atoms with Gasteiger partial charge in [0.2, 0.25) is 5.91 Å². The van der Waals surface area contributed by atoms with Crippen molar-refractivity contribution in [3.8, 4) is 0 Å². The van der Waals surface area contributed by atoms with Gasteiger partial charge in [0.05, 0.1) is 16.7 Å². The standard InChI is InChI=1S/C30H38N4O4/c1-18-9-12-32-20(3)27(18)28(36)34-16-21-14-33(15-22(21)17-34)25-8-6-7-23(19(25)2)24(13-26(31)35)30(29(37)38)10-4-5-11-30/h6-9,12,21-22,24H,4-5,10-11,13-17H2,1-3H3,(H2,31,35)(H,37,38). The van der Waals surface area contributed by atoms with E-state index in [0.717, 1.165) is 67.1 Å². The molecule has 3 aliphatic rings. The van der Waals surface area contributed by atoms with Crippen LogP contribution in [0.25, 0.3) is 0 Å². The number of anilines is 1. The summed E-state index contributed by atoms with van der Waals surface area (Å²) in [5.74, 6) is -0.919. The van der Waals surface area contributed by atoms with Crippen molar-refractivity contribution in [2.24, 2.45) is 23.0 Å². The Morgan fingerprint density at radius 1 is 1.05 bits per heavy atom. The molecule has 8 heteroatoms. The maximum absolute atomic E-state index is 13.3. The summed E-state index contributed by atoms with van der Waals surface area (Å²) >= 11 is 0. The molecule has 2 aliphatic heterocycles. The second-order valence-corrected chi connectivity index (χ2v) is 11.6. The van der Waals surface area contributed by atoms with Gasteiger partial charge in [-0.15, -0.1) is 0 Å². The van der Waals surface area contributed by atoms with Gasteiger partial charge in [0.25, 0.3) is 5.91 Å². The molecule has 0 bridgehead atoms. The van der Waals surface area contributed by atoms with Gasteiger partial charge in [-0.05, 0) is 62.4 Å². The normalized spacial score (nSPS) is 22.9. The first-order valence-electron chi connectivity index (χ1n) is 13.7. The van der Waals surface area contributed by atoms with Crippen LogP contribution >= 0.6 is 0 Å². The number of hydrogen-bond acceptors (Lipinski definition) is 5. The van der Waals surface area contributed by atoms with Crippen molar-refractivity contribution in [2.45, 2.75) is 58.8 Å². The van der Waals surface area contributed by atoms with Gasteiger partial charge in [0, 0.05) is 62.2 Å². The van der Waals surface area contributed by atoms with Gasteiger partial charge in [-0.25, -0.2) is 0 Å². The first-order chi connectivity index (χ1) is 18.1. The van der Waals surface area contributed by atoms with Crippen LogP contribution in [0.1, 0.15) is 70.8 Å². The zero-order valence-electron chi connectivity index (χ0n) is 22.6. The molecule has 1 saturated carbocycles. The van der Waals surface area contributed by atoms with Gasteiger partial charge < -0.3 is 20.6 Å². The second-order valence-electron chi connectivity index (χ2n) is 11.6. The van der Waals surface area contributed by atoms with E-state index in [9.17, 15) is 19.5 Å². The average molecular weight is 519 g/mol. The minimum atomic E-state index is -0.955. The number of carbonyl (C=O) groups is 3. The molecule has 3 fully saturated rings. The molecule has 5 rings (SSSR count). The number of carboxylic acids is 1. The molecule has 3 heterocycles. The van der Waals surface area contributed by atoms with Crippen LogP contribution in [-0.2, 0) is 9.59 Å². The van der Waals surface area contributed by atoms with Crippen LogP contribution in [0.4, 0.5) is 5.69 Å². The molecule has 1 aromatic heterocycles. The molecule has 202 valence electrons. The summed E-state index contributed by atoms with van der Waals surface area (Å²) < 4.78 is 0. The Morgan fingerprint density at radius 2 is 1.71 bits per heavy atom. The van der Waals surface area contributed by atoms with Crippen molar-refractivity contribution in [1.29, 1.82) is 0 Å². The Labute approximate surface area is 224 Å². The number of primary amides is 1. The van der Waals surface area contributed by atoms with Crippen LogP contribution in [0.15, 0.2) is 30.5 Å². The Hall–Kier alpha value is -3.42. The quantitative estimate of drug-likeness (QED) is 0.576. The Kier molecular flexibility index (Phi) is 6.92. The molecule has 38 heavy (non-hydrogen) atoms. The third-order valence-electron chi connectivity index (χ3n) is 9.39. The minimum absolute atomic E-state index is 0.0338. The molecule has 3 N–H and O–H groups in total. The lowest BCUT2D eigenvalue weighted by Crippen LogP contribution is -2.37. The van der Waals surface area contributed by atoms with Gasteiger partial charge in [-0.2, -0.15) is 0 Å². The van der Waals surface area contributed by atoms with Crippen LogP contribution < -0.4 is 10.6 Å². The monoisotopic (exact) mass is 518 g/mol. The summed E-state index contributed by atoms with van der Waals surface area (Å²) in [5, 5.41) is 10.3. The van der Waals surface area contributed by atoms with Gasteiger partial charge in [0.15, 0.2) is 0 Å². The number of nitrogens with zero attached hydrogens (tertiary/aromatic N) is 3. The van der Waals surface area contributed by atoms with Crippen LogP contribution in [0, 0.1) is 38.0 Å². The number of carboxylic acid groups (broad SMARTS) is 1. The fraction of sp³-hybridized carbons (Fsp3) is 0.533. The predicted octanol–water partition coefficient (Wildman–Crippen LogP) is 3.82. The summed E-state index contributed by atoms with van der Waals surface area (Å²) in [5.41, 5.74) is 10.2. The number of benzene rings is 1. The molecular formula is C30H38N4O4. The molecule has 0 spiro atoms. The number of amides is 2. The first-order valence-corrected chi connectivity index (χ1v) is 13.7. The number of aromatic nitrogens is 1. The largest absolute Gasteiger partial charge is 0.481 e. The van der Waals surface area contributed by atoms with E-state index in [2.05, 4.69) is 16.0 Å². The van der Waals surface area contributed by atoms with Crippen molar-refractivity contribution in [2.75, 3.05) is 31.1 Å². The summed E-state index contributed by atoms with van der Waals surface area (Å²) in [7, 11) is 0. The fourth-order valence-corrected chi connectivity index (χ4v) is 7.41. The Morgan fingerprint density at radius 3 is 2.29 bits per heavy atom. The SMILES string of the molecule is Cc1ccnc(C)c1C(=O)N1CC2CN(c3cccc(C(CC(N)=O)C4(C(=O)O)CCCC4)c3C)CC2C1. The van der Waals surface area contributed by atoms with E-state index in [1.54, 1.807) is 6.20 Å². The zero-order valence-corrected chi connectivity index (χ0v) is 22.6. The van der Waals surface area contributed by atoms with E-state index < -0.39 is 23.2 Å². The molecular weight excluding hydrogens is 480 g/mol. The Bertz CT molecular complexity index is 1230. The van der Waals surface area contributed by atoms with E-state index in [-0.39, 0.29) is 12.3 Å². The number of hydrogen-bond donors (Lipinski definition) is 2. The van der Waals surface area contributed by atoms with E-state index in [1.807, 2.05) is 43.9 Å². The van der Waals surface area contributed by atoms with Gasteiger partial charge in [0.1, 0.15) is 0 Å². The number of fused-ring (bicyclic) bond motifs is 1. The third kappa shape index (κ3) is 4.44. The predicted molar refractivity (Wildman–Crippen MR) is 145 cm³/mol. The van der Waals surface area contributed by atoms with Crippen molar-refractivity contribution in [3.05, 3.63) is 58.4 Å². The maximum Gasteiger partial charge on any atom is 0.310 e. The van der Waals surface area contributed by atoms with Gasteiger partial charge in [-0.3, -0.25) is 19.4 Å². The van der Waals surface area contributed by atoms with E-state index >= 15 is 0 Å². The zero-order chi connectivity index (χ0) is 27.2. The van der Waals surface area contributed by atoms with Crippen LogP contribution in [-0.4, -0.2) is 59.0 Å². The maximum atomic E-state index is 13.3. The fourth-order valence-electron chi connectivity index (χ4n) is 7.41. The average Bonchev–Trinajstić information content (AvgIpc) is 3.58. The number of rotatable bonds is 7. The smallest absolute Gasteiger partial charge is 0.310 e. The highest BCUT2D eigenvalue weighted by atomic mass is 16.4. The van der Waals surface area contributed by atoms with E-state index in [0.29, 0.717) is 30.2 Å². The summed E-state index contributed by atoms with van der Waals surface area (Å²) in [6, 6.07) is 7.94. The number of carbonyl (C=O) groups excluding carboxylic acids is 2. The molecule has 1 aliphatic carbocycles. The van der Waals surface area contributed by atoms with Crippen molar-refractivity contribution < 1.29 is 19.5 Å². The molecule has 2 aromatic rings. The highest BCUT2D eigenvalue weighted by Crippen LogP contribution is 2.52.